The van der Waals surface area contributed by atoms with Crippen LogP contribution in [0.15, 0.2) is 36.5 Å². The van der Waals surface area contributed by atoms with Crippen molar-refractivity contribution in [3.8, 4) is 0 Å². The number of nitrogen functional groups attached to an aromatic ring is 1. The fraction of sp³-hybridized carbons (Fsp3) is 0.333. The third-order valence-electron chi connectivity index (χ3n) is 3.72. The van der Waals surface area contributed by atoms with Crippen molar-refractivity contribution in [1.82, 2.24) is 15.1 Å². The lowest BCUT2D eigenvalue weighted by Crippen LogP contribution is -2.31. The summed E-state index contributed by atoms with van der Waals surface area (Å²) < 4.78 is 1.51. The first-order chi connectivity index (χ1) is 9.66. The predicted octanol–water partition coefficient (Wildman–Crippen LogP) is 1.88. The molecule has 20 heavy (non-hydrogen) atoms. The summed E-state index contributed by atoms with van der Waals surface area (Å²) in [5, 5.41) is 7.11. The molecule has 1 aromatic heterocycles. The Morgan fingerprint density at radius 3 is 2.65 bits per heavy atom. The van der Waals surface area contributed by atoms with Crippen molar-refractivity contribution in [2.45, 2.75) is 18.9 Å². The monoisotopic (exact) mass is 270 g/mol. The number of hydrogen-bond acceptors (Lipinski definition) is 3. The molecule has 1 amide bonds. The van der Waals surface area contributed by atoms with E-state index in [9.17, 15) is 4.79 Å². The average molecular weight is 270 g/mol. The summed E-state index contributed by atoms with van der Waals surface area (Å²) in [7, 11) is 1.72. The molecule has 1 aliphatic rings. The zero-order valence-corrected chi connectivity index (χ0v) is 11.4. The Labute approximate surface area is 117 Å². The zero-order chi connectivity index (χ0) is 14.1. The van der Waals surface area contributed by atoms with Crippen LogP contribution in [0.3, 0.4) is 0 Å². The lowest BCUT2D eigenvalue weighted by molar-refractivity contribution is 0.0923. The predicted molar refractivity (Wildman–Crippen MR) is 77.0 cm³/mol. The molecule has 1 atom stereocenters. The molecule has 1 fully saturated rings. The number of aryl methyl sites for hydroxylation is 1. The van der Waals surface area contributed by atoms with E-state index in [2.05, 4.69) is 22.5 Å². The second-order valence-electron chi connectivity index (χ2n) is 5.27. The largest absolute Gasteiger partial charge is 0.396 e. The molecule has 0 saturated heterocycles. The second-order valence-corrected chi connectivity index (χ2v) is 5.27. The molecule has 5 nitrogen and oxygen atoms in total. The molecule has 1 saturated carbocycles. The van der Waals surface area contributed by atoms with Crippen LogP contribution in [0, 0.1) is 5.92 Å². The molecule has 0 spiro atoms. The van der Waals surface area contributed by atoms with E-state index < -0.39 is 0 Å². The Morgan fingerprint density at radius 1 is 1.40 bits per heavy atom. The van der Waals surface area contributed by atoms with Crippen molar-refractivity contribution in [2.24, 2.45) is 13.0 Å². The summed E-state index contributed by atoms with van der Waals surface area (Å²) in [4.78, 5) is 12.4. The van der Waals surface area contributed by atoms with E-state index in [4.69, 9.17) is 5.73 Å². The highest BCUT2D eigenvalue weighted by atomic mass is 16.2. The number of anilines is 1. The minimum atomic E-state index is -0.164. The Bertz CT molecular complexity index is 597. The molecule has 1 aliphatic carbocycles. The molecular weight excluding hydrogens is 252 g/mol. The molecule has 104 valence electrons. The maximum atomic E-state index is 12.4. The average Bonchev–Trinajstić information content (AvgIpc) is 3.23. The number of aromatic nitrogens is 2. The van der Waals surface area contributed by atoms with E-state index in [0.717, 1.165) is 18.4 Å². The molecule has 0 aliphatic heterocycles. The van der Waals surface area contributed by atoms with Gasteiger partial charge >= 0.3 is 0 Å². The van der Waals surface area contributed by atoms with Crippen molar-refractivity contribution < 1.29 is 4.79 Å². The maximum absolute atomic E-state index is 12.4. The Balaban J connectivity index is 1.83. The smallest absolute Gasteiger partial charge is 0.272 e. The van der Waals surface area contributed by atoms with Gasteiger partial charge in [-0.1, -0.05) is 30.3 Å². The molecule has 0 bridgehead atoms. The standard InChI is InChI=1S/C15H18N4O/c1-19-14(12(16)9-17-19)15(20)18-13(11-7-8-11)10-5-3-2-4-6-10/h2-6,9,11,13H,7-8,16H2,1H3,(H,18,20). The third kappa shape index (κ3) is 2.39. The van der Waals surface area contributed by atoms with Gasteiger partial charge in [-0.15, -0.1) is 0 Å². The van der Waals surface area contributed by atoms with Crippen LogP contribution in [-0.2, 0) is 7.05 Å². The van der Waals surface area contributed by atoms with E-state index in [0.29, 0.717) is 17.3 Å². The molecule has 2 aromatic rings. The van der Waals surface area contributed by atoms with Gasteiger partial charge in [-0.25, -0.2) is 0 Å². The maximum Gasteiger partial charge on any atom is 0.272 e. The quantitative estimate of drug-likeness (QED) is 0.891. The molecular formula is C15H18N4O. The van der Waals surface area contributed by atoms with Crippen LogP contribution < -0.4 is 11.1 Å². The van der Waals surface area contributed by atoms with Gasteiger partial charge < -0.3 is 11.1 Å². The number of nitrogens with two attached hydrogens (primary N) is 1. The molecule has 3 N–H and O–H groups in total. The van der Waals surface area contributed by atoms with Gasteiger partial charge in [0.15, 0.2) is 0 Å². The van der Waals surface area contributed by atoms with Gasteiger partial charge in [0.1, 0.15) is 5.69 Å². The van der Waals surface area contributed by atoms with Gasteiger partial charge in [-0.3, -0.25) is 9.48 Å². The van der Waals surface area contributed by atoms with Crippen LogP contribution in [0.4, 0.5) is 5.69 Å². The van der Waals surface area contributed by atoms with Crippen LogP contribution in [-0.4, -0.2) is 15.7 Å². The normalized spacial score (nSPS) is 15.8. The van der Waals surface area contributed by atoms with E-state index in [1.165, 1.54) is 10.9 Å². The number of rotatable bonds is 4. The highest BCUT2D eigenvalue weighted by Crippen LogP contribution is 2.41. The van der Waals surface area contributed by atoms with E-state index in [1.807, 2.05) is 18.2 Å². The van der Waals surface area contributed by atoms with Gasteiger partial charge in [0.05, 0.1) is 17.9 Å². The highest BCUT2D eigenvalue weighted by Gasteiger charge is 2.34. The lowest BCUT2D eigenvalue weighted by Gasteiger charge is -2.19. The SMILES string of the molecule is Cn1ncc(N)c1C(=O)NC(c1ccccc1)C1CC1. The molecule has 1 heterocycles. The van der Waals surface area contributed by atoms with Crippen LogP contribution in [0.5, 0.6) is 0 Å². The van der Waals surface area contributed by atoms with Crippen molar-refractivity contribution in [1.29, 1.82) is 0 Å². The van der Waals surface area contributed by atoms with Crippen molar-refractivity contribution in [3.63, 3.8) is 0 Å². The van der Waals surface area contributed by atoms with Gasteiger partial charge in [0, 0.05) is 7.05 Å². The molecule has 5 heteroatoms. The second kappa shape index (κ2) is 5.00. The summed E-state index contributed by atoms with van der Waals surface area (Å²) in [6.45, 7) is 0. The number of hydrogen-bond donors (Lipinski definition) is 2. The molecule has 1 aromatic carbocycles. The van der Waals surface area contributed by atoms with Crippen LogP contribution in [0.2, 0.25) is 0 Å². The van der Waals surface area contributed by atoms with Gasteiger partial charge in [-0.2, -0.15) is 5.10 Å². The van der Waals surface area contributed by atoms with Crippen LogP contribution >= 0.6 is 0 Å². The summed E-state index contributed by atoms with van der Waals surface area (Å²) in [5.74, 6) is 0.360. The number of benzene rings is 1. The summed E-state index contributed by atoms with van der Waals surface area (Å²) in [6, 6.07) is 10.1. The fourth-order valence-electron chi connectivity index (χ4n) is 2.51. The third-order valence-corrected chi connectivity index (χ3v) is 3.72. The summed E-state index contributed by atoms with van der Waals surface area (Å²) in [6.07, 6.45) is 3.81. The fourth-order valence-corrected chi connectivity index (χ4v) is 2.51. The first-order valence-electron chi connectivity index (χ1n) is 6.80. The Kier molecular flexibility index (Phi) is 3.18. The summed E-state index contributed by atoms with van der Waals surface area (Å²) >= 11 is 0. The molecule has 3 rings (SSSR count). The number of carbonyl (C=O) groups is 1. The van der Waals surface area contributed by atoms with Gasteiger partial charge in [-0.05, 0) is 24.3 Å². The first kappa shape index (κ1) is 12.7. The van der Waals surface area contributed by atoms with Gasteiger partial charge in [0.2, 0.25) is 0 Å². The Morgan fingerprint density at radius 2 is 2.10 bits per heavy atom. The topological polar surface area (TPSA) is 72.9 Å². The first-order valence-corrected chi connectivity index (χ1v) is 6.80. The minimum Gasteiger partial charge on any atom is -0.396 e. The van der Waals surface area contributed by atoms with Crippen molar-refractivity contribution in [3.05, 3.63) is 47.8 Å². The van der Waals surface area contributed by atoms with Crippen molar-refractivity contribution >= 4 is 11.6 Å². The molecule has 1 unspecified atom stereocenters. The van der Waals surface area contributed by atoms with E-state index in [-0.39, 0.29) is 11.9 Å². The summed E-state index contributed by atoms with van der Waals surface area (Å²) in [5.41, 5.74) is 7.78. The van der Waals surface area contributed by atoms with Crippen LogP contribution in [0.25, 0.3) is 0 Å². The van der Waals surface area contributed by atoms with Crippen LogP contribution in [0.1, 0.15) is 34.9 Å². The highest BCUT2D eigenvalue weighted by molar-refractivity contribution is 5.97. The lowest BCUT2D eigenvalue weighted by atomic mass is 10.0. The number of nitrogens with one attached hydrogen (secondary N) is 1. The number of nitrogens with zero attached hydrogens (tertiary/aromatic N) is 2. The van der Waals surface area contributed by atoms with Gasteiger partial charge in [0.25, 0.3) is 5.91 Å². The van der Waals surface area contributed by atoms with Crippen molar-refractivity contribution in [2.75, 3.05) is 5.73 Å². The molecule has 0 radical (unpaired) electrons. The number of carbonyl (C=O) groups excluding carboxylic acids is 1. The Hall–Kier alpha value is -2.30. The van der Waals surface area contributed by atoms with E-state index >= 15 is 0 Å². The number of amides is 1. The zero-order valence-electron chi connectivity index (χ0n) is 11.4. The van der Waals surface area contributed by atoms with E-state index in [1.54, 1.807) is 7.05 Å². The minimum absolute atomic E-state index is 0.0537.